The summed E-state index contributed by atoms with van der Waals surface area (Å²) >= 11 is 0. The normalized spacial score (nSPS) is 17.5. The summed E-state index contributed by atoms with van der Waals surface area (Å²) < 4.78 is 27.0. The summed E-state index contributed by atoms with van der Waals surface area (Å²) in [4.78, 5) is 0. The van der Waals surface area contributed by atoms with Gasteiger partial charge in [-0.2, -0.15) is 0 Å². The Bertz CT molecular complexity index is 310. The predicted octanol–water partition coefficient (Wildman–Crippen LogP) is 2.61. The maximum absolute atomic E-state index is 14.1. The number of hydrogen-bond donors (Lipinski definition) is 1. The van der Waals surface area contributed by atoms with Crippen LogP contribution in [0.25, 0.3) is 0 Å². The highest BCUT2D eigenvalue weighted by Gasteiger charge is 2.32. The Morgan fingerprint density at radius 2 is 2.14 bits per heavy atom. The van der Waals surface area contributed by atoms with Crippen molar-refractivity contribution in [1.82, 2.24) is 0 Å². The smallest absolute Gasteiger partial charge is 0.137 e. The number of nitrogens with two attached hydrogens (primary N) is 1. The van der Waals surface area contributed by atoms with Gasteiger partial charge in [-0.3, -0.25) is 0 Å². The van der Waals surface area contributed by atoms with E-state index in [0.29, 0.717) is 5.56 Å². The first-order valence-electron chi connectivity index (χ1n) is 4.63. The van der Waals surface area contributed by atoms with Gasteiger partial charge in [0.15, 0.2) is 0 Å². The summed E-state index contributed by atoms with van der Waals surface area (Å²) in [5.41, 5.74) is 4.17. The molecule has 2 unspecified atom stereocenters. The predicted molar refractivity (Wildman–Crippen MR) is 53.1 cm³/mol. The summed E-state index contributed by atoms with van der Waals surface area (Å²) in [5, 5.41) is 0. The van der Waals surface area contributed by atoms with Gasteiger partial charge in [-0.1, -0.05) is 19.1 Å². The van der Waals surface area contributed by atoms with Crippen LogP contribution >= 0.6 is 0 Å². The lowest BCUT2D eigenvalue weighted by Crippen LogP contribution is -2.30. The fraction of sp³-hybridized carbons (Fsp3) is 0.455. The molecule has 1 nitrogen and oxygen atoms in total. The van der Waals surface area contributed by atoms with Crippen molar-refractivity contribution in [2.45, 2.75) is 19.5 Å². The van der Waals surface area contributed by atoms with Crippen molar-refractivity contribution >= 4 is 0 Å². The van der Waals surface area contributed by atoms with E-state index in [2.05, 4.69) is 0 Å². The molecule has 2 atom stereocenters. The number of hydrogen-bond acceptors (Lipinski definition) is 1. The van der Waals surface area contributed by atoms with Crippen LogP contribution in [0.2, 0.25) is 0 Å². The first kappa shape index (κ1) is 11.1. The fourth-order valence-electron chi connectivity index (χ4n) is 1.30. The standard InChI is InChI=1S/C11H15F2N/c1-8(7-14)11(2,13)9-4-3-5-10(12)6-9/h3-6,8H,7,14H2,1-2H3. The van der Waals surface area contributed by atoms with E-state index >= 15 is 0 Å². The quantitative estimate of drug-likeness (QED) is 0.795. The summed E-state index contributed by atoms with van der Waals surface area (Å²) in [7, 11) is 0. The lowest BCUT2D eigenvalue weighted by molar-refractivity contribution is 0.116. The molecule has 1 rings (SSSR count). The summed E-state index contributed by atoms with van der Waals surface area (Å²) in [6, 6.07) is 5.60. The van der Waals surface area contributed by atoms with E-state index in [1.165, 1.54) is 25.1 Å². The highest BCUT2D eigenvalue weighted by atomic mass is 19.1. The average Bonchev–Trinajstić information content (AvgIpc) is 2.16. The third kappa shape index (κ3) is 2.10. The zero-order valence-electron chi connectivity index (χ0n) is 8.43. The average molecular weight is 199 g/mol. The number of rotatable bonds is 3. The Hall–Kier alpha value is -0.960. The van der Waals surface area contributed by atoms with Gasteiger partial charge < -0.3 is 5.73 Å². The molecule has 78 valence electrons. The molecule has 14 heavy (non-hydrogen) atoms. The first-order valence-corrected chi connectivity index (χ1v) is 4.63. The van der Waals surface area contributed by atoms with Crippen LogP contribution in [0.1, 0.15) is 19.4 Å². The van der Waals surface area contributed by atoms with E-state index in [1.807, 2.05) is 0 Å². The van der Waals surface area contributed by atoms with Crippen molar-refractivity contribution < 1.29 is 8.78 Å². The molecule has 0 radical (unpaired) electrons. The molecule has 0 bridgehead atoms. The van der Waals surface area contributed by atoms with E-state index < -0.39 is 11.5 Å². The fourth-order valence-corrected chi connectivity index (χ4v) is 1.30. The first-order chi connectivity index (χ1) is 6.48. The molecular formula is C11H15F2N. The van der Waals surface area contributed by atoms with Crippen molar-refractivity contribution in [3.05, 3.63) is 35.6 Å². The van der Waals surface area contributed by atoms with Gasteiger partial charge in [0.05, 0.1) is 0 Å². The second kappa shape index (κ2) is 4.05. The third-order valence-corrected chi connectivity index (χ3v) is 2.67. The molecular weight excluding hydrogens is 184 g/mol. The number of benzene rings is 1. The van der Waals surface area contributed by atoms with Crippen LogP contribution in [-0.2, 0) is 5.67 Å². The monoisotopic (exact) mass is 199 g/mol. The highest BCUT2D eigenvalue weighted by Crippen LogP contribution is 2.33. The van der Waals surface area contributed by atoms with Gasteiger partial charge in [-0.15, -0.1) is 0 Å². The number of halogens is 2. The largest absolute Gasteiger partial charge is 0.330 e. The minimum atomic E-state index is -1.57. The maximum atomic E-state index is 14.1. The van der Waals surface area contributed by atoms with Crippen LogP contribution in [0.15, 0.2) is 24.3 Å². The van der Waals surface area contributed by atoms with E-state index in [4.69, 9.17) is 5.73 Å². The van der Waals surface area contributed by atoms with Crippen LogP contribution in [0.5, 0.6) is 0 Å². The molecule has 0 fully saturated rings. The van der Waals surface area contributed by atoms with Crippen LogP contribution < -0.4 is 5.73 Å². The van der Waals surface area contributed by atoms with Crippen LogP contribution in [0.3, 0.4) is 0 Å². The molecule has 0 aliphatic rings. The summed E-state index contributed by atoms with van der Waals surface area (Å²) in [5.74, 6) is -0.750. The van der Waals surface area contributed by atoms with Crippen molar-refractivity contribution in [3.8, 4) is 0 Å². The van der Waals surface area contributed by atoms with Crippen molar-refractivity contribution in [2.24, 2.45) is 11.7 Å². The second-order valence-electron chi connectivity index (χ2n) is 3.72. The van der Waals surface area contributed by atoms with Gasteiger partial charge >= 0.3 is 0 Å². The van der Waals surface area contributed by atoms with Crippen molar-refractivity contribution in [1.29, 1.82) is 0 Å². The van der Waals surface area contributed by atoms with E-state index in [-0.39, 0.29) is 12.5 Å². The van der Waals surface area contributed by atoms with E-state index in [0.717, 1.165) is 0 Å². The van der Waals surface area contributed by atoms with E-state index in [9.17, 15) is 8.78 Å². The molecule has 0 amide bonds. The third-order valence-electron chi connectivity index (χ3n) is 2.67. The topological polar surface area (TPSA) is 26.0 Å². The van der Waals surface area contributed by atoms with Gasteiger partial charge in [0.2, 0.25) is 0 Å². The maximum Gasteiger partial charge on any atom is 0.137 e. The summed E-state index contributed by atoms with van der Waals surface area (Å²) in [6.45, 7) is 3.38. The van der Waals surface area contributed by atoms with Gasteiger partial charge in [0, 0.05) is 5.92 Å². The molecule has 0 spiro atoms. The van der Waals surface area contributed by atoms with Gasteiger partial charge in [0.1, 0.15) is 11.5 Å². The Morgan fingerprint density at radius 3 is 2.64 bits per heavy atom. The molecule has 2 N–H and O–H groups in total. The second-order valence-corrected chi connectivity index (χ2v) is 3.72. The van der Waals surface area contributed by atoms with Crippen molar-refractivity contribution in [3.63, 3.8) is 0 Å². The molecule has 0 aliphatic carbocycles. The zero-order valence-corrected chi connectivity index (χ0v) is 8.43. The van der Waals surface area contributed by atoms with Crippen LogP contribution in [0.4, 0.5) is 8.78 Å². The van der Waals surface area contributed by atoms with Gasteiger partial charge in [-0.25, -0.2) is 8.78 Å². The Morgan fingerprint density at radius 1 is 1.50 bits per heavy atom. The molecule has 0 saturated carbocycles. The van der Waals surface area contributed by atoms with Gasteiger partial charge in [0.25, 0.3) is 0 Å². The Kier molecular flexibility index (Phi) is 3.21. The lowest BCUT2D eigenvalue weighted by Gasteiger charge is -2.27. The van der Waals surface area contributed by atoms with Crippen LogP contribution in [0, 0.1) is 11.7 Å². The molecule has 1 aromatic carbocycles. The Balaban J connectivity index is 3.03. The minimum absolute atomic E-state index is 0.240. The number of alkyl halides is 1. The van der Waals surface area contributed by atoms with Crippen molar-refractivity contribution in [2.75, 3.05) is 6.54 Å². The molecule has 3 heteroatoms. The van der Waals surface area contributed by atoms with Gasteiger partial charge in [-0.05, 0) is 31.2 Å². The van der Waals surface area contributed by atoms with E-state index in [1.54, 1.807) is 13.0 Å². The lowest BCUT2D eigenvalue weighted by atomic mass is 9.86. The summed E-state index contributed by atoms with van der Waals surface area (Å²) in [6.07, 6.45) is 0. The molecule has 0 aliphatic heterocycles. The molecule has 0 heterocycles. The SMILES string of the molecule is CC(CN)C(C)(F)c1cccc(F)c1. The van der Waals surface area contributed by atoms with Crippen LogP contribution in [-0.4, -0.2) is 6.54 Å². The minimum Gasteiger partial charge on any atom is -0.330 e. The molecule has 0 aromatic heterocycles. The highest BCUT2D eigenvalue weighted by molar-refractivity contribution is 5.23. The Labute approximate surface area is 82.9 Å². The zero-order chi connectivity index (χ0) is 10.8. The molecule has 0 saturated heterocycles. The molecule has 1 aromatic rings.